The molecule has 1 atom stereocenters. The summed E-state index contributed by atoms with van der Waals surface area (Å²) in [4.78, 5) is 24.3. The first-order chi connectivity index (χ1) is 8.61. The minimum Gasteiger partial charge on any atom is -0.467 e. The molecule has 1 amide bonds. The summed E-state index contributed by atoms with van der Waals surface area (Å²) in [6.45, 7) is 2.52. The maximum absolute atomic E-state index is 11.3. The van der Waals surface area contributed by atoms with Crippen LogP contribution in [0.4, 0.5) is 11.4 Å². The number of esters is 1. The lowest BCUT2D eigenvalue weighted by atomic mass is 10.1. The van der Waals surface area contributed by atoms with E-state index in [2.05, 4.69) is 10.1 Å². The van der Waals surface area contributed by atoms with Gasteiger partial charge in [-0.05, 0) is 31.2 Å². The Morgan fingerprint density at radius 1 is 1.39 bits per heavy atom. The molecular formula is C13H16N2O3. The van der Waals surface area contributed by atoms with Crippen LogP contribution in [-0.2, 0) is 14.3 Å². The number of carbonyl (C=O) groups is 2. The third-order valence-electron chi connectivity index (χ3n) is 2.97. The molecule has 1 saturated heterocycles. The van der Waals surface area contributed by atoms with E-state index in [1.807, 2.05) is 24.3 Å². The first kappa shape index (κ1) is 12.4. The smallest absolute Gasteiger partial charge is 0.327 e. The molecule has 5 nitrogen and oxygen atoms in total. The Morgan fingerprint density at radius 3 is 2.50 bits per heavy atom. The van der Waals surface area contributed by atoms with Crippen LogP contribution in [0.2, 0.25) is 0 Å². The Hall–Kier alpha value is -2.04. The van der Waals surface area contributed by atoms with Gasteiger partial charge in [-0.1, -0.05) is 0 Å². The van der Waals surface area contributed by atoms with Crippen LogP contribution in [0.5, 0.6) is 0 Å². The van der Waals surface area contributed by atoms with E-state index in [1.54, 1.807) is 11.8 Å². The van der Waals surface area contributed by atoms with Gasteiger partial charge in [0.15, 0.2) is 0 Å². The molecule has 18 heavy (non-hydrogen) atoms. The van der Waals surface area contributed by atoms with E-state index in [-0.39, 0.29) is 11.9 Å². The summed E-state index contributed by atoms with van der Waals surface area (Å²) >= 11 is 0. The van der Waals surface area contributed by atoms with Crippen LogP contribution in [0.1, 0.15) is 13.3 Å². The van der Waals surface area contributed by atoms with Gasteiger partial charge in [0.1, 0.15) is 6.04 Å². The van der Waals surface area contributed by atoms with E-state index in [0.29, 0.717) is 6.42 Å². The van der Waals surface area contributed by atoms with Gasteiger partial charge >= 0.3 is 5.97 Å². The highest BCUT2D eigenvalue weighted by atomic mass is 16.5. The van der Waals surface area contributed by atoms with Gasteiger partial charge in [0, 0.05) is 24.3 Å². The molecule has 0 spiro atoms. The van der Waals surface area contributed by atoms with Gasteiger partial charge < -0.3 is 15.0 Å². The topological polar surface area (TPSA) is 58.6 Å². The Kier molecular flexibility index (Phi) is 3.50. The summed E-state index contributed by atoms with van der Waals surface area (Å²) in [5.41, 5.74) is 1.71. The molecule has 5 heteroatoms. The lowest BCUT2D eigenvalue weighted by Crippen LogP contribution is -2.43. The van der Waals surface area contributed by atoms with Crippen molar-refractivity contribution in [2.75, 3.05) is 23.9 Å². The van der Waals surface area contributed by atoms with Gasteiger partial charge in [0.2, 0.25) is 5.91 Å². The molecule has 2 rings (SSSR count). The quantitative estimate of drug-likeness (QED) is 0.646. The lowest BCUT2D eigenvalue weighted by Gasteiger charge is -2.30. The van der Waals surface area contributed by atoms with Gasteiger partial charge in [-0.3, -0.25) is 4.79 Å². The predicted molar refractivity (Wildman–Crippen MR) is 68.5 cm³/mol. The second-order valence-corrected chi connectivity index (χ2v) is 4.23. The summed E-state index contributed by atoms with van der Waals surface area (Å²) < 4.78 is 4.63. The maximum Gasteiger partial charge on any atom is 0.327 e. The van der Waals surface area contributed by atoms with E-state index in [0.717, 1.165) is 17.9 Å². The number of nitrogens with one attached hydrogen (secondary N) is 1. The molecule has 1 aromatic carbocycles. The zero-order chi connectivity index (χ0) is 13.1. The number of methoxy groups -OCH3 is 1. The van der Waals surface area contributed by atoms with Gasteiger partial charge in [-0.2, -0.15) is 0 Å². The SMILES string of the molecule is COC(=O)[C@H](C)Nc1ccc(N2CCC2=O)cc1. The van der Waals surface area contributed by atoms with Crippen molar-refractivity contribution in [1.29, 1.82) is 0 Å². The predicted octanol–water partition coefficient (Wildman–Crippen LogP) is 1.40. The molecule has 0 radical (unpaired) electrons. The number of β-lactam (4-membered cyclic amide) rings is 1. The zero-order valence-corrected chi connectivity index (χ0v) is 10.5. The average molecular weight is 248 g/mol. The summed E-state index contributed by atoms with van der Waals surface area (Å²) in [5.74, 6) is -0.157. The van der Waals surface area contributed by atoms with Crippen molar-refractivity contribution in [2.24, 2.45) is 0 Å². The van der Waals surface area contributed by atoms with Crippen molar-refractivity contribution in [3.05, 3.63) is 24.3 Å². The second-order valence-electron chi connectivity index (χ2n) is 4.23. The van der Waals surface area contributed by atoms with E-state index in [1.165, 1.54) is 7.11 Å². The molecule has 1 aliphatic heterocycles. The number of anilines is 2. The first-order valence-electron chi connectivity index (χ1n) is 5.86. The minimum absolute atomic E-state index is 0.152. The molecule has 1 aliphatic rings. The third-order valence-corrected chi connectivity index (χ3v) is 2.97. The highest BCUT2D eigenvalue weighted by Gasteiger charge is 2.24. The van der Waals surface area contributed by atoms with E-state index >= 15 is 0 Å². The van der Waals surface area contributed by atoms with E-state index < -0.39 is 6.04 Å². The van der Waals surface area contributed by atoms with Gasteiger partial charge in [-0.25, -0.2) is 4.79 Å². The number of nitrogens with zero attached hydrogens (tertiary/aromatic N) is 1. The van der Waals surface area contributed by atoms with Crippen LogP contribution in [0.3, 0.4) is 0 Å². The van der Waals surface area contributed by atoms with Crippen molar-refractivity contribution < 1.29 is 14.3 Å². The Balaban J connectivity index is 1.99. The monoisotopic (exact) mass is 248 g/mol. The average Bonchev–Trinajstić information content (AvgIpc) is 2.38. The molecule has 1 aromatic rings. The van der Waals surface area contributed by atoms with E-state index in [9.17, 15) is 9.59 Å². The molecule has 0 bridgehead atoms. The Labute approximate surface area is 106 Å². The summed E-state index contributed by atoms with van der Waals surface area (Å²) in [7, 11) is 1.36. The summed E-state index contributed by atoms with van der Waals surface area (Å²) in [6.07, 6.45) is 0.624. The van der Waals surface area contributed by atoms with Crippen LogP contribution < -0.4 is 10.2 Å². The van der Waals surface area contributed by atoms with Crippen LogP contribution >= 0.6 is 0 Å². The number of hydrogen-bond acceptors (Lipinski definition) is 4. The zero-order valence-electron chi connectivity index (χ0n) is 10.5. The highest BCUT2D eigenvalue weighted by Crippen LogP contribution is 2.23. The maximum atomic E-state index is 11.3. The van der Waals surface area contributed by atoms with Crippen LogP contribution in [0.25, 0.3) is 0 Å². The molecule has 0 aliphatic carbocycles. The molecule has 0 unspecified atom stereocenters. The number of amides is 1. The number of carbonyl (C=O) groups excluding carboxylic acids is 2. The minimum atomic E-state index is -0.397. The fourth-order valence-electron chi connectivity index (χ4n) is 1.81. The van der Waals surface area contributed by atoms with Crippen molar-refractivity contribution in [1.82, 2.24) is 0 Å². The third kappa shape index (κ3) is 2.45. The van der Waals surface area contributed by atoms with Crippen molar-refractivity contribution >= 4 is 23.3 Å². The van der Waals surface area contributed by atoms with Crippen LogP contribution in [0.15, 0.2) is 24.3 Å². The van der Waals surface area contributed by atoms with Crippen molar-refractivity contribution in [3.63, 3.8) is 0 Å². The fraction of sp³-hybridized carbons (Fsp3) is 0.385. The molecular weight excluding hydrogens is 232 g/mol. The number of hydrogen-bond donors (Lipinski definition) is 1. The normalized spacial score (nSPS) is 15.9. The number of benzene rings is 1. The van der Waals surface area contributed by atoms with Gasteiger partial charge in [-0.15, -0.1) is 0 Å². The number of rotatable bonds is 4. The number of ether oxygens (including phenoxy) is 1. The molecule has 96 valence electrons. The van der Waals surface area contributed by atoms with Crippen molar-refractivity contribution in [2.45, 2.75) is 19.4 Å². The second kappa shape index (κ2) is 5.08. The molecule has 1 fully saturated rings. The first-order valence-corrected chi connectivity index (χ1v) is 5.86. The summed E-state index contributed by atoms with van der Waals surface area (Å²) in [6, 6.07) is 7.03. The van der Waals surface area contributed by atoms with Crippen LogP contribution in [0, 0.1) is 0 Å². The van der Waals surface area contributed by atoms with Crippen LogP contribution in [-0.4, -0.2) is 31.6 Å². The Morgan fingerprint density at radius 2 is 2.06 bits per heavy atom. The lowest BCUT2D eigenvalue weighted by molar-refractivity contribution is -0.141. The summed E-state index contributed by atoms with van der Waals surface area (Å²) in [5, 5.41) is 3.03. The standard InChI is InChI=1S/C13H16N2O3/c1-9(13(17)18-2)14-10-3-5-11(6-4-10)15-8-7-12(15)16/h3-6,9,14H,7-8H2,1-2H3/t9-/m0/s1. The fourth-order valence-corrected chi connectivity index (χ4v) is 1.81. The Bertz CT molecular complexity index is 456. The molecule has 0 aromatic heterocycles. The molecule has 1 N–H and O–H groups in total. The largest absolute Gasteiger partial charge is 0.467 e. The van der Waals surface area contributed by atoms with Crippen molar-refractivity contribution in [3.8, 4) is 0 Å². The molecule has 0 saturated carbocycles. The highest BCUT2D eigenvalue weighted by molar-refractivity contribution is 5.99. The van der Waals surface area contributed by atoms with Gasteiger partial charge in [0.05, 0.1) is 7.11 Å². The van der Waals surface area contributed by atoms with E-state index in [4.69, 9.17) is 0 Å². The van der Waals surface area contributed by atoms with Gasteiger partial charge in [0.25, 0.3) is 0 Å². The molecule has 1 heterocycles.